The molecule has 18 heavy (non-hydrogen) atoms. The molecule has 0 aromatic carbocycles. The van der Waals surface area contributed by atoms with Gasteiger partial charge < -0.3 is 14.6 Å². The topological polar surface area (TPSA) is 28.4 Å². The van der Waals surface area contributed by atoms with Gasteiger partial charge in [-0.15, -0.1) is 0 Å². The second kappa shape index (κ2) is 6.73. The summed E-state index contributed by atoms with van der Waals surface area (Å²) in [5.41, 5.74) is 0.0659. The van der Waals surface area contributed by atoms with Gasteiger partial charge >= 0.3 is 0 Å². The first-order valence-corrected chi connectivity index (χ1v) is 7.46. The fourth-order valence-corrected chi connectivity index (χ4v) is 3.22. The van der Waals surface area contributed by atoms with Gasteiger partial charge in [-0.3, -0.25) is 0 Å². The van der Waals surface area contributed by atoms with Gasteiger partial charge in [-0.05, 0) is 55.5 Å². The highest BCUT2D eigenvalue weighted by Gasteiger charge is 2.40. The Morgan fingerprint density at radius 3 is 2.28 bits per heavy atom. The van der Waals surface area contributed by atoms with Crippen LogP contribution in [0, 0.1) is 0 Å². The second-order valence-electron chi connectivity index (χ2n) is 4.83. The lowest BCUT2D eigenvalue weighted by atomic mass is 9.82. The van der Waals surface area contributed by atoms with E-state index < -0.39 is 0 Å². The van der Waals surface area contributed by atoms with Crippen molar-refractivity contribution in [2.24, 2.45) is 0 Å². The summed E-state index contributed by atoms with van der Waals surface area (Å²) >= 11 is 3.58. The molecule has 0 saturated carbocycles. The molecule has 3 nitrogen and oxygen atoms in total. The van der Waals surface area contributed by atoms with E-state index in [2.05, 4.69) is 61.0 Å². The minimum Gasteiger partial charge on any atom is -0.466 e. The van der Waals surface area contributed by atoms with E-state index in [1.165, 1.54) is 0 Å². The number of nitrogens with zero attached hydrogens (tertiary/aromatic N) is 1. The molecule has 1 atom stereocenters. The first-order chi connectivity index (χ1) is 8.53. The van der Waals surface area contributed by atoms with Gasteiger partial charge in [-0.25, -0.2) is 0 Å². The second-order valence-corrected chi connectivity index (χ2v) is 5.68. The summed E-state index contributed by atoms with van der Waals surface area (Å²) in [6, 6.07) is 2.16. The molecule has 0 aliphatic carbocycles. The third-order valence-corrected chi connectivity index (χ3v) is 4.62. The number of hydrogen-bond donors (Lipinski definition) is 1. The molecule has 1 unspecified atom stereocenters. The first kappa shape index (κ1) is 15.7. The lowest BCUT2D eigenvalue weighted by Gasteiger charge is -2.44. The fourth-order valence-electron chi connectivity index (χ4n) is 2.79. The molecular weight excluding hydrogens is 292 g/mol. The zero-order valence-electron chi connectivity index (χ0n) is 12.1. The van der Waals surface area contributed by atoms with E-state index in [-0.39, 0.29) is 11.6 Å². The average molecular weight is 317 g/mol. The van der Waals surface area contributed by atoms with E-state index in [1.54, 1.807) is 6.26 Å². The molecule has 1 rings (SSSR count). The van der Waals surface area contributed by atoms with Crippen molar-refractivity contribution in [3.63, 3.8) is 0 Å². The highest BCUT2D eigenvalue weighted by Crippen LogP contribution is 2.39. The third-order valence-electron chi connectivity index (χ3n) is 3.97. The quantitative estimate of drug-likeness (QED) is 0.829. The van der Waals surface area contributed by atoms with Crippen LogP contribution in [0.2, 0.25) is 0 Å². The number of likely N-dealkylation sites (N-methyl/N-ethyl adjacent to an activating group) is 2. The molecule has 0 amide bonds. The highest BCUT2D eigenvalue weighted by molar-refractivity contribution is 9.10. The van der Waals surface area contributed by atoms with Gasteiger partial charge in [0.2, 0.25) is 0 Å². The van der Waals surface area contributed by atoms with Crippen LogP contribution in [-0.4, -0.2) is 31.1 Å². The van der Waals surface area contributed by atoms with E-state index in [4.69, 9.17) is 4.42 Å². The smallest absolute Gasteiger partial charge is 0.136 e. The van der Waals surface area contributed by atoms with Crippen molar-refractivity contribution in [1.82, 2.24) is 10.2 Å². The van der Waals surface area contributed by atoms with Crippen molar-refractivity contribution in [3.8, 4) is 0 Å². The predicted molar refractivity (Wildman–Crippen MR) is 79.8 cm³/mol. The lowest BCUT2D eigenvalue weighted by Crippen LogP contribution is -2.53. The summed E-state index contributed by atoms with van der Waals surface area (Å²) in [6.07, 6.45) is 3.89. The van der Waals surface area contributed by atoms with Gasteiger partial charge in [-0.2, -0.15) is 0 Å². The standard InChI is InChI=1S/C14H25BrN2O/c1-6-14(7-2,17(4)5)13(16-8-3)12-11(15)9-10-18-12/h9-10,13,16H,6-8H2,1-5H3. The summed E-state index contributed by atoms with van der Waals surface area (Å²) in [5, 5.41) is 3.58. The number of furan rings is 1. The maximum absolute atomic E-state index is 5.70. The fraction of sp³-hybridized carbons (Fsp3) is 0.714. The molecular formula is C14H25BrN2O. The summed E-state index contributed by atoms with van der Waals surface area (Å²) in [6.45, 7) is 7.54. The molecule has 0 fully saturated rings. The average Bonchev–Trinajstić information content (AvgIpc) is 2.75. The largest absolute Gasteiger partial charge is 0.466 e. The molecule has 1 aromatic rings. The SMILES string of the molecule is CCNC(c1occc1Br)C(CC)(CC)N(C)C. The zero-order chi connectivity index (χ0) is 13.8. The molecule has 104 valence electrons. The molecule has 0 saturated heterocycles. The van der Waals surface area contributed by atoms with Gasteiger partial charge in [0.15, 0.2) is 0 Å². The summed E-state index contributed by atoms with van der Waals surface area (Å²) in [7, 11) is 4.29. The molecule has 0 spiro atoms. The first-order valence-electron chi connectivity index (χ1n) is 6.67. The van der Waals surface area contributed by atoms with Crippen LogP contribution < -0.4 is 5.32 Å². The van der Waals surface area contributed by atoms with Gasteiger partial charge in [0.1, 0.15) is 5.76 Å². The van der Waals surface area contributed by atoms with Crippen LogP contribution >= 0.6 is 15.9 Å². The Hall–Kier alpha value is -0.320. The van der Waals surface area contributed by atoms with Gasteiger partial charge in [0.25, 0.3) is 0 Å². The van der Waals surface area contributed by atoms with Crippen LogP contribution in [0.4, 0.5) is 0 Å². The zero-order valence-corrected chi connectivity index (χ0v) is 13.7. The van der Waals surface area contributed by atoms with Crippen LogP contribution in [0.15, 0.2) is 21.2 Å². The molecule has 0 radical (unpaired) electrons. The Morgan fingerprint density at radius 2 is 1.94 bits per heavy atom. The van der Waals surface area contributed by atoms with Crippen LogP contribution in [0.5, 0.6) is 0 Å². The van der Waals surface area contributed by atoms with Crippen LogP contribution in [0.25, 0.3) is 0 Å². The van der Waals surface area contributed by atoms with E-state index in [0.29, 0.717) is 0 Å². The minimum absolute atomic E-state index is 0.0659. The third kappa shape index (κ3) is 2.81. The van der Waals surface area contributed by atoms with Gasteiger partial charge in [0, 0.05) is 5.54 Å². The van der Waals surface area contributed by atoms with Crippen molar-refractivity contribution >= 4 is 15.9 Å². The Labute approximate surface area is 119 Å². The number of rotatable bonds is 7. The van der Waals surface area contributed by atoms with E-state index >= 15 is 0 Å². The van der Waals surface area contributed by atoms with Crippen molar-refractivity contribution in [2.75, 3.05) is 20.6 Å². The van der Waals surface area contributed by atoms with E-state index in [0.717, 1.165) is 29.6 Å². The predicted octanol–water partition coefficient (Wildman–Crippen LogP) is 3.81. The van der Waals surface area contributed by atoms with Crippen molar-refractivity contribution in [3.05, 3.63) is 22.6 Å². The van der Waals surface area contributed by atoms with Crippen molar-refractivity contribution < 1.29 is 4.42 Å². The normalized spacial score (nSPS) is 14.2. The van der Waals surface area contributed by atoms with Gasteiger partial charge in [-0.1, -0.05) is 20.8 Å². The molecule has 1 N–H and O–H groups in total. The monoisotopic (exact) mass is 316 g/mol. The maximum Gasteiger partial charge on any atom is 0.136 e. The number of hydrogen-bond acceptors (Lipinski definition) is 3. The molecule has 1 aromatic heterocycles. The molecule has 0 aliphatic heterocycles. The van der Waals surface area contributed by atoms with Crippen molar-refractivity contribution in [2.45, 2.75) is 45.2 Å². The number of nitrogens with one attached hydrogen (secondary N) is 1. The van der Waals surface area contributed by atoms with Crippen molar-refractivity contribution in [1.29, 1.82) is 0 Å². The minimum atomic E-state index is 0.0659. The number of halogens is 1. The Bertz CT molecular complexity index is 358. The summed E-state index contributed by atoms with van der Waals surface area (Å²) in [5.74, 6) is 0.995. The van der Waals surface area contributed by atoms with E-state index in [1.807, 2.05) is 6.07 Å². The highest BCUT2D eigenvalue weighted by atomic mass is 79.9. The molecule has 0 aliphatic rings. The van der Waals surface area contributed by atoms with Gasteiger partial charge in [0.05, 0.1) is 16.8 Å². The van der Waals surface area contributed by atoms with Crippen LogP contribution in [0.1, 0.15) is 45.4 Å². The molecule has 0 bridgehead atoms. The maximum atomic E-state index is 5.70. The summed E-state index contributed by atoms with van der Waals surface area (Å²) < 4.78 is 6.75. The van der Waals surface area contributed by atoms with Crippen LogP contribution in [0.3, 0.4) is 0 Å². The van der Waals surface area contributed by atoms with Crippen LogP contribution in [-0.2, 0) is 0 Å². The molecule has 1 heterocycles. The Kier molecular flexibility index (Phi) is 5.89. The Balaban J connectivity index is 3.21. The lowest BCUT2D eigenvalue weighted by molar-refractivity contribution is 0.0782. The Morgan fingerprint density at radius 1 is 1.33 bits per heavy atom. The summed E-state index contributed by atoms with van der Waals surface area (Å²) in [4.78, 5) is 2.31. The van der Waals surface area contributed by atoms with E-state index in [9.17, 15) is 0 Å². The molecule has 4 heteroatoms.